The van der Waals surface area contributed by atoms with Gasteiger partial charge >= 0.3 is 5.97 Å². The van der Waals surface area contributed by atoms with Crippen LogP contribution in [0.25, 0.3) is 0 Å². The summed E-state index contributed by atoms with van der Waals surface area (Å²) in [6, 6.07) is 12.6. The summed E-state index contributed by atoms with van der Waals surface area (Å²) in [5, 5.41) is 0. The Kier molecular flexibility index (Phi) is 4.25. The van der Waals surface area contributed by atoms with Crippen LogP contribution in [0.5, 0.6) is 11.5 Å². The molecule has 0 bridgehead atoms. The monoisotopic (exact) mass is 271 g/mol. The van der Waals surface area contributed by atoms with Gasteiger partial charge in [0.2, 0.25) is 0 Å². The van der Waals surface area contributed by atoms with Crippen LogP contribution in [0, 0.1) is 0 Å². The van der Waals surface area contributed by atoms with Crippen molar-refractivity contribution in [2.24, 2.45) is 0 Å². The third kappa shape index (κ3) is 3.09. The molecule has 20 heavy (non-hydrogen) atoms. The van der Waals surface area contributed by atoms with E-state index < -0.39 is 5.97 Å². The summed E-state index contributed by atoms with van der Waals surface area (Å²) in [5.41, 5.74) is 7.96. The van der Waals surface area contributed by atoms with Crippen molar-refractivity contribution in [3.63, 3.8) is 0 Å². The molecule has 0 atom stereocenters. The van der Waals surface area contributed by atoms with Crippen molar-refractivity contribution in [3.05, 3.63) is 53.6 Å². The summed E-state index contributed by atoms with van der Waals surface area (Å²) in [4.78, 5) is 11.5. The molecule has 2 rings (SSSR count). The van der Waals surface area contributed by atoms with Crippen molar-refractivity contribution >= 4 is 11.7 Å². The molecule has 0 saturated carbocycles. The quantitative estimate of drug-likeness (QED) is 0.683. The Balaban J connectivity index is 2.25. The van der Waals surface area contributed by atoms with Crippen LogP contribution < -0.4 is 10.5 Å². The predicted octanol–water partition coefficient (Wildman–Crippen LogP) is 3.41. The van der Waals surface area contributed by atoms with Crippen LogP contribution in [0.15, 0.2) is 42.5 Å². The normalized spacial score (nSPS) is 10.1. The second-order valence-corrected chi connectivity index (χ2v) is 4.34. The van der Waals surface area contributed by atoms with E-state index in [2.05, 4.69) is 11.7 Å². The van der Waals surface area contributed by atoms with Crippen molar-refractivity contribution in [2.45, 2.75) is 13.3 Å². The lowest BCUT2D eigenvalue weighted by Gasteiger charge is -2.10. The molecule has 0 heterocycles. The van der Waals surface area contributed by atoms with Crippen LogP contribution >= 0.6 is 0 Å². The number of methoxy groups -OCH3 is 1. The summed E-state index contributed by atoms with van der Waals surface area (Å²) in [5.74, 6) is 0.698. The molecule has 0 aromatic heterocycles. The van der Waals surface area contributed by atoms with Gasteiger partial charge in [0.25, 0.3) is 0 Å². The number of hydrogen-bond donors (Lipinski definition) is 1. The van der Waals surface area contributed by atoms with E-state index in [9.17, 15) is 4.79 Å². The van der Waals surface area contributed by atoms with Crippen LogP contribution in [0.3, 0.4) is 0 Å². The molecule has 0 amide bonds. The fraction of sp³-hybridized carbons (Fsp3) is 0.188. The van der Waals surface area contributed by atoms with E-state index in [4.69, 9.17) is 10.5 Å². The predicted molar refractivity (Wildman–Crippen MR) is 78.1 cm³/mol. The first-order chi connectivity index (χ1) is 9.63. The van der Waals surface area contributed by atoms with Crippen LogP contribution in [0.4, 0.5) is 5.69 Å². The average Bonchev–Trinajstić information content (AvgIpc) is 2.49. The standard InChI is InChI=1S/C16H17NO3/c1-3-11-4-7-13(8-5-11)20-15-10-12(16(18)19-2)6-9-14(15)17/h4-10H,3,17H2,1-2H3. The molecular formula is C16H17NO3. The molecule has 2 aromatic carbocycles. The topological polar surface area (TPSA) is 61.5 Å². The number of anilines is 1. The lowest BCUT2D eigenvalue weighted by molar-refractivity contribution is 0.0600. The zero-order valence-corrected chi connectivity index (χ0v) is 11.6. The molecule has 0 radical (unpaired) electrons. The lowest BCUT2D eigenvalue weighted by Crippen LogP contribution is -2.02. The van der Waals surface area contributed by atoms with Gasteiger partial charge in [-0.3, -0.25) is 0 Å². The Morgan fingerprint density at radius 2 is 1.85 bits per heavy atom. The molecule has 0 unspecified atom stereocenters. The Morgan fingerprint density at radius 3 is 2.45 bits per heavy atom. The number of esters is 1. The summed E-state index contributed by atoms with van der Waals surface area (Å²) >= 11 is 0. The van der Waals surface area contributed by atoms with Gasteiger partial charge in [-0.1, -0.05) is 19.1 Å². The van der Waals surface area contributed by atoms with Crippen LogP contribution in [-0.2, 0) is 11.2 Å². The molecule has 4 nitrogen and oxygen atoms in total. The third-order valence-corrected chi connectivity index (χ3v) is 2.99. The highest BCUT2D eigenvalue weighted by molar-refractivity contribution is 5.90. The minimum atomic E-state index is -0.420. The summed E-state index contributed by atoms with van der Waals surface area (Å²) in [6.45, 7) is 2.09. The first kappa shape index (κ1) is 13.9. The number of carbonyl (C=O) groups excluding carboxylic acids is 1. The number of nitrogen functional groups attached to an aromatic ring is 1. The molecule has 2 aromatic rings. The first-order valence-corrected chi connectivity index (χ1v) is 6.38. The Hall–Kier alpha value is -2.49. The molecular weight excluding hydrogens is 254 g/mol. The maximum Gasteiger partial charge on any atom is 0.337 e. The molecule has 0 aliphatic rings. The number of ether oxygens (including phenoxy) is 2. The second kappa shape index (κ2) is 6.10. The maximum absolute atomic E-state index is 11.5. The van der Waals surface area contributed by atoms with E-state index in [-0.39, 0.29) is 0 Å². The minimum Gasteiger partial charge on any atom is -0.465 e. The van der Waals surface area contributed by atoms with Crippen molar-refractivity contribution in [3.8, 4) is 11.5 Å². The maximum atomic E-state index is 11.5. The molecule has 0 spiro atoms. The minimum absolute atomic E-state index is 0.405. The number of rotatable bonds is 4. The molecule has 0 fully saturated rings. The molecule has 104 valence electrons. The van der Waals surface area contributed by atoms with Gasteiger partial charge in [0, 0.05) is 0 Å². The second-order valence-electron chi connectivity index (χ2n) is 4.34. The highest BCUT2D eigenvalue weighted by atomic mass is 16.5. The third-order valence-electron chi connectivity index (χ3n) is 2.99. The van der Waals surface area contributed by atoms with Crippen molar-refractivity contribution in [1.82, 2.24) is 0 Å². The Bertz CT molecular complexity index is 606. The van der Waals surface area contributed by atoms with Gasteiger partial charge in [0.15, 0.2) is 5.75 Å². The van der Waals surface area contributed by atoms with E-state index in [0.29, 0.717) is 22.7 Å². The summed E-state index contributed by atoms with van der Waals surface area (Å²) < 4.78 is 10.4. The van der Waals surface area contributed by atoms with Crippen LogP contribution in [-0.4, -0.2) is 13.1 Å². The Labute approximate surface area is 118 Å². The van der Waals surface area contributed by atoms with E-state index in [1.807, 2.05) is 24.3 Å². The van der Waals surface area contributed by atoms with E-state index >= 15 is 0 Å². The molecule has 0 aliphatic carbocycles. The zero-order valence-electron chi connectivity index (χ0n) is 11.6. The van der Waals surface area contributed by atoms with Gasteiger partial charge in [0.05, 0.1) is 18.4 Å². The number of hydrogen-bond acceptors (Lipinski definition) is 4. The van der Waals surface area contributed by atoms with Gasteiger partial charge in [-0.15, -0.1) is 0 Å². The first-order valence-electron chi connectivity index (χ1n) is 6.38. The molecule has 4 heteroatoms. The number of benzene rings is 2. The Morgan fingerprint density at radius 1 is 1.15 bits per heavy atom. The van der Waals surface area contributed by atoms with Gasteiger partial charge in [-0.2, -0.15) is 0 Å². The van der Waals surface area contributed by atoms with Crippen molar-refractivity contribution in [1.29, 1.82) is 0 Å². The van der Waals surface area contributed by atoms with E-state index in [1.54, 1.807) is 18.2 Å². The highest BCUT2D eigenvalue weighted by Crippen LogP contribution is 2.29. The van der Waals surface area contributed by atoms with Crippen molar-refractivity contribution < 1.29 is 14.3 Å². The SMILES string of the molecule is CCc1ccc(Oc2cc(C(=O)OC)ccc2N)cc1. The van der Waals surface area contributed by atoms with Gasteiger partial charge in [-0.25, -0.2) is 4.79 Å². The van der Waals surface area contributed by atoms with Crippen molar-refractivity contribution in [2.75, 3.05) is 12.8 Å². The highest BCUT2D eigenvalue weighted by Gasteiger charge is 2.10. The summed E-state index contributed by atoms with van der Waals surface area (Å²) in [7, 11) is 1.34. The smallest absolute Gasteiger partial charge is 0.337 e. The molecule has 2 N–H and O–H groups in total. The number of nitrogens with two attached hydrogens (primary N) is 1. The van der Waals surface area contributed by atoms with Gasteiger partial charge in [0.1, 0.15) is 5.75 Å². The van der Waals surface area contributed by atoms with Crippen LogP contribution in [0.1, 0.15) is 22.8 Å². The van der Waals surface area contributed by atoms with Crippen LogP contribution in [0.2, 0.25) is 0 Å². The van der Waals surface area contributed by atoms with E-state index in [0.717, 1.165) is 6.42 Å². The fourth-order valence-corrected chi connectivity index (χ4v) is 1.79. The van der Waals surface area contributed by atoms with Gasteiger partial charge in [-0.05, 0) is 42.3 Å². The average molecular weight is 271 g/mol. The fourth-order valence-electron chi connectivity index (χ4n) is 1.79. The zero-order chi connectivity index (χ0) is 14.5. The number of aryl methyl sites for hydroxylation is 1. The largest absolute Gasteiger partial charge is 0.465 e. The number of carbonyl (C=O) groups is 1. The molecule has 0 saturated heterocycles. The van der Waals surface area contributed by atoms with Gasteiger partial charge < -0.3 is 15.2 Å². The molecule has 0 aliphatic heterocycles. The van der Waals surface area contributed by atoms with E-state index in [1.165, 1.54) is 12.7 Å². The lowest BCUT2D eigenvalue weighted by atomic mass is 10.1. The summed E-state index contributed by atoms with van der Waals surface area (Å²) in [6.07, 6.45) is 0.972.